The number of Topliss-reactive ketones (excluding diaryl/α,β-unsaturated/α-hetero) is 1. The summed E-state index contributed by atoms with van der Waals surface area (Å²) in [5.41, 5.74) is -0.0491. The fraction of sp³-hybridized carbons (Fsp3) is 0.826. The molecule has 4 heteroatoms. The van der Waals surface area contributed by atoms with Gasteiger partial charge in [-0.25, -0.2) is 0 Å². The molecule has 3 fully saturated rings. The van der Waals surface area contributed by atoms with Gasteiger partial charge in [-0.05, 0) is 41.8 Å². The zero-order valence-corrected chi connectivity index (χ0v) is 19.3. The van der Waals surface area contributed by atoms with Gasteiger partial charge in [-0.2, -0.15) is 5.26 Å². The summed E-state index contributed by atoms with van der Waals surface area (Å²) in [5, 5.41) is 10.4. The third-order valence-electron chi connectivity index (χ3n) is 8.81. The Morgan fingerprint density at radius 1 is 1.22 bits per heavy atom. The molecule has 0 aromatic carbocycles. The van der Waals surface area contributed by atoms with Gasteiger partial charge in [0.15, 0.2) is 0 Å². The van der Waals surface area contributed by atoms with Crippen molar-refractivity contribution in [2.45, 2.75) is 96.4 Å². The molecule has 0 spiro atoms. The van der Waals surface area contributed by atoms with E-state index in [0.29, 0.717) is 35.2 Å². The molecule has 3 aliphatic carbocycles. The van der Waals surface area contributed by atoms with E-state index in [2.05, 4.69) is 61.1 Å². The van der Waals surface area contributed by atoms with Crippen LogP contribution in [0.5, 0.6) is 0 Å². The standard InChI is InChI=1S/C23H37NO2Si/c1-9-10-21-11-18(8)22(14-24)12-19(21)20(25)13-23(21,22)26-27(15(2)3,16(4)5)17(6)7/h9,15-19H,1,10-13H2,2-8H3/t18-,19-,21-,22+,23-/m1/s1. The molecule has 0 N–H and O–H groups in total. The molecule has 0 aromatic rings. The molecule has 5 atom stereocenters. The normalized spacial score (nSPS) is 40.4. The second kappa shape index (κ2) is 6.29. The molecule has 3 saturated carbocycles. The van der Waals surface area contributed by atoms with Crippen molar-refractivity contribution in [1.82, 2.24) is 0 Å². The Labute approximate surface area is 166 Å². The number of allylic oxidation sites excluding steroid dienone is 1. The Kier molecular flexibility index (Phi) is 4.85. The van der Waals surface area contributed by atoms with Crippen LogP contribution in [0.4, 0.5) is 0 Å². The van der Waals surface area contributed by atoms with Gasteiger partial charge >= 0.3 is 0 Å². The molecule has 27 heavy (non-hydrogen) atoms. The van der Waals surface area contributed by atoms with Gasteiger partial charge < -0.3 is 4.43 Å². The molecule has 0 radical (unpaired) electrons. The van der Waals surface area contributed by atoms with Gasteiger partial charge in [-0.1, -0.05) is 54.5 Å². The van der Waals surface area contributed by atoms with Crippen LogP contribution in [0.25, 0.3) is 0 Å². The van der Waals surface area contributed by atoms with E-state index < -0.39 is 19.3 Å². The molecule has 0 heterocycles. The number of carbonyl (C=O) groups is 1. The van der Waals surface area contributed by atoms with Crippen molar-refractivity contribution in [3.63, 3.8) is 0 Å². The average molecular weight is 388 g/mol. The maximum Gasteiger partial charge on any atom is 0.201 e. The monoisotopic (exact) mass is 387 g/mol. The lowest BCUT2D eigenvalue weighted by Gasteiger charge is -2.53. The Morgan fingerprint density at radius 2 is 1.78 bits per heavy atom. The van der Waals surface area contributed by atoms with Gasteiger partial charge in [0.25, 0.3) is 0 Å². The molecule has 3 rings (SSSR count). The number of ketones is 1. The fourth-order valence-electron chi connectivity index (χ4n) is 7.94. The number of hydrogen-bond acceptors (Lipinski definition) is 3. The van der Waals surface area contributed by atoms with Crippen molar-refractivity contribution < 1.29 is 9.22 Å². The van der Waals surface area contributed by atoms with Crippen molar-refractivity contribution in [3.8, 4) is 6.07 Å². The minimum atomic E-state index is -2.24. The minimum absolute atomic E-state index is 0.0236. The number of rotatable bonds is 7. The van der Waals surface area contributed by atoms with E-state index in [-0.39, 0.29) is 17.3 Å². The molecule has 0 amide bonds. The van der Waals surface area contributed by atoms with Crippen LogP contribution in [0, 0.1) is 34.0 Å². The number of nitriles is 1. The van der Waals surface area contributed by atoms with Gasteiger partial charge in [0.2, 0.25) is 8.32 Å². The predicted octanol–water partition coefficient (Wildman–Crippen LogP) is 6.02. The van der Waals surface area contributed by atoms with E-state index in [0.717, 1.165) is 12.8 Å². The maximum absolute atomic E-state index is 13.1. The van der Waals surface area contributed by atoms with Crippen LogP contribution in [0.2, 0.25) is 16.6 Å². The zero-order valence-electron chi connectivity index (χ0n) is 18.3. The van der Waals surface area contributed by atoms with Gasteiger partial charge in [-0.15, -0.1) is 6.58 Å². The first-order valence-corrected chi connectivity index (χ1v) is 12.9. The second-order valence-corrected chi connectivity index (χ2v) is 15.9. The molecule has 0 saturated heterocycles. The quantitative estimate of drug-likeness (QED) is 0.396. The minimum Gasteiger partial charge on any atom is -0.408 e. The highest BCUT2D eigenvalue weighted by atomic mass is 28.4. The molecular weight excluding hydrogens is 350 g/mol. The summed E-state index contributed by atoms with van der Waals surface area (Å²) in [6.45, 7) is 20.0. The Morgan fingerprint density at radius 3 is 2.22 bits per heavy atom. The van der Waals surface area contributed by atoms with E-state index in [1.54, 1.807) is 0 Å². The molecule has 4 bridgehead atoms. The van der Waals surface area contributed by atoms with Gasteiger partial charge in [-0.3, -0.25) is 4.79 Å². The smallest absolute Gasteiger partial charge is 0.201 e. The summed E-state index contributed by atoms with van der Waals surface area (Å²) >= 11 is 0. The highest BCUT2D eigenvalue weighted by molar-refractivity contribution is 6.77. The molecule has 3 aliphatic rings. The molecule has 3 nitrogen and oxygen atoms in total. The van der Waals surface area contributed by atoms with Crippen molar-refractivity contribution in [2.75, 3.05) is 0 Å². The van der Waals surface area contributed by atoms with Crippen LogP contribution >= 0.6 is 0 Å². The summed E-state index contributed by atoms with van der Waals surface area (Å²) in [6, 6.07) is 2.74. The lowest BCUT2D eigenvalue weighted by Crippen LogP contribution is -2.61. The highest BCUT2D eigenvalue weighted by Crippen LogP contribution is 2.80. The van der Waals surface area contributed by atoms with Crippen LogP contribution in [0.3, 0.4) is 0 Å². The van der Waals surface area contributed by atoms with E-state index >= 15 is 0 Å². The van der Waals surface area contributed by atoms with Gasteiger partial charge in [0, 0.05) is 17.8 Å². The highest BCUT2D eigenvalue weighted by Gasteiger charge is 2.85. The van der Waals surface area contributed by atoms with Gasteiger partial charge in [0.05, 0.1) is 17.1 Å². The summed E-state index contributed by atoms with van der Waals surface area (Å²) in [7, 11) is -2.24. The summed E-state index contributed by atoms with van der Waals surface area (Å²) in [5.74, 6) is 0.573. The van der Waals surface area contributed by atoms with Crippen molar-refractivity contribution >= 4 is 14.1 Å². The molecule has 0 aliphatic heterocycles. The molecule has 0 unspecified atom stereocenters. The molecular formula is C23H37NO2Si. The molecule has 150 valence electrons. The van der Waals surface area contributed by atoms with Crippen molar-refractivity contribution in [3.05, 3.63) is 12.7 Å². The van der Waals surface area contributed by atoms with E-state index in [9.17, 15) is 10.1 Å². The third kappa shape index (κ3) is 2.14. The first-order valence-electron chi connectivity index (χ1n) is 10.8. The van der Waals surface area contributed by atoms with E-state index in [4.69, 9.17) is 4.43 Å². The van der Waals surface area contributed by atoms with Crippen LogP contribution in [0.15, 0.2) is 12.7 Å². The van der Waals surface area contributed by atoms with Crippen LogP contribution in [-0.2, 0) is 9.22 Å². The summed E-state index contributed by atoms with van der Waals surface area (Å²) in [4.78, 5) is 13.1. The summed E-state index contributed by atoms with van der Waals surface area (Å²) in [6.07, 6.45) is 4.80. The lowest BCUT2D eigenvalue weighted by atomic mass is 9.65. The topological polar surface area (TPSA) is 50.1 Å². The first kappa shape index (κ1) is 20.8. The van der Waals surface area contributed by atoms with E-state index in [1.165, 1.54) is 0 Å². The van der Waals surface area contributed by atoms with Crippen molar-refractivity contribution in [2.24, 2.45) is 22.7 Å². The zero-order chi connectivity index (χ0) is 20.4. The largest absolute Gasteiger partial charge is 0.408 e. The van der Waals surface area contributed by atoms with Crippen LogP contribution < -0.4 is 0 Å². The van der Waals surface area contributed by atoms with Crippen molar-refractivity contribution in [1.29, 1.82) is 5.26 Å². The Bertz CT molecular complexity index is 671. The first-order chi connectivity index (χ1) is 12.5. The number of carbonyl (C=O) groups excluding carboxylic acids is 1. The van der Waals surface area contributed by atoms with Gasteiger partial charge in [0.1, 0.15) is 5.78 Å². The second-order valence-electron chi connectivity index (χ2n) is 10.5. The SMILES string of the molecule is C=CC[C@@]12C[C@@H](C)[C@@]3(C#N)C[C@@H]1C(=O)C[C@@]23O[Si](C(C)C)(C(C)C)C(C)C. The molecule has 0 aromatic heterocycles. The Hall–Kier alpha value is -0.923. The Balaban J connectivity index is 2.25. The number of nitrogens with zero attached hydrogens (tertiary/aromatic N) is 1. The van der Waals surface area contributed by atoms with Crippen LogP contribution in [-0.4, -0.2) is 19.7 Å². The fourth-order valence-corrected chi connectivity index (χ4v) is 13.7. The predicted molar refractivity (Wildman–Crippen MR) is 112 cm³/mol. The lowest BCUT2D eigenvalue weighted by molar-refractivity contribution is -0.128. The van der Waals surface area contributed by atoms with E-state index in [1.807, 2.05) is 6.08 Å². The van der Waals surface area contributed by atoms with Crippen LogP contribution in [0.1, 0.15) is 74.1 Å². The number of hydrogen-bond donors (Lipinski definition) is 0. The third-order valence-corrected chi connectivity index (χ3v) is 14.9. The average Bonchev–Trinajstić information content (AvgIpc) is 3.01. The summed E-state index contributed by atoms with van der Waals surface area (Å²) < 4.78 is 7.49. The maximum atomic E-state index is 13.1.